The first-order valence-corrected chi connectivity index (χ1v) is 5.06. The fourth-order valence-corrected chi connectivity index (χ4v) is 1.60. The zero-order valence-electron chi connectivity index (χ0n) is 8.69. The van der Waals surface area contributed by atoms with Gasteiger partial charge in [0.15, 0.2) is 5.78 Å². The summed E-state index contributed by atoms with van der Waals surface area (Å²) in [6.45, 7) is -0.616. The first kappa shape index (κ1) is 10.6. The normalized spacial score (nSPS) is 10.1. The predicted octanol–water partition coefficient (Wildman–Crippen LogP) is 3.39. The van der Waals surface area contributed by atoms with Crippen molar-refractivity contribution in [2.24, 2.45) is 0 Å². The second-order valence-electron chi connectivity index (χ2n) is 3.49. The fourth-order valence-electron chi connectivity index (χ4n) is 1.60. The van der Waals surface area contributed by atoms with Crippen LogP contribution in [0.1, 0.15) is 21.5 Å². The van der Waals surface area contributed by atoms with Gasteiger partial charge < -0.3 is 0 Å². The predicted molar refractivity (Wildman–Crippen MR) is 61.1 cm³/mol. The van der Waals surface area contributed by atoms with E-state index in [1.807, 2.05) is 6.07 Å². The molecule has 0 atom stereocenters. The lowest BCUT2D eigenvalue weighted by Gasteiger charge is -2.05. The summed E-state index contributed by atoms with van der Waals surface area (Å²) < 4.78 is 12.7. The van der Waals surface area contributed by atoms with E-state index < -0.39 is 6.67 Å². The maximum Gasteiger partial charge on any atom is 0.193 e. The molecular formula is C14H11FO. The molecule has 16 heavy (non-hydrogen) atoms. The van der Waals surface area contributed by atoms with Gasteiger partial charge in [0, 0.05) is 11.1 Å². The van der Waals surface area contributed by atoms with Crippen LogP contribution in [0.5, 0.6) is 0 Å². The second kappa shape index (κ2) is 4.71. The number of carbonyl (C=O) groups is 1. The van der Waals surface area contributed by atoms with Crippen LogP contribution in [0.4, 0.5) is 4.39 Å². The van der Waals surface area contributed by atoms with Crippen molar-refractivity contribution in [3.8, 4) is 0 Å². The highest BCUT2D eigenvalue weighted by Gasteiger charge is 2.12. The Morgan fingerprint density at radius 1 is 0.938 bits per heavy atom. The minimum Gasteiger partial charge on any atom is -0.289 e. The van der Waals surface area contributed by atoms with Gasteiger partial charge in [-0.15, -0.1) is 0 Å². The van der Waals surface area contributed by atoms with E-state index in [0.29, 0.717) is 16.7 Å². The minimum atomic E-state index is -0.616. The van der Waals surface area contributed by atoms with E-state index in [9.17, 15) is 9.18 Å². The largest absolute Gasteiger partial charge is 0.289 e. The Hall–Kier alpha value is -1.96. The summed E-state index contributed by atoms with van der Waals surface area (Å²) in [7, 11) is 0. The van der Waals surface area contributed by atoms with Crippen molar-refractivity contribution in [2.75, 3.05) is 0 Å². The van der Waals surface area contributed by atoms with Crippen LogP contribution in [0.25, 0.3) is 0 Å². The highest BCUT2D eigenvalue weighted by Crippen LogP contribution is 2.15. The van der Waals surface area contributed by atoms with Gasteiger partial charge in [0.05, 0.1) is 0 Å². The van der Waals surface area contributed by atoms with Gasteiger partial charge >= 0.3 is 0 Å². The number of carbonyl (C=O) groups excluding carboxylic acids is 1. The molecule has 0 radical (unpaired) electrons. The number of ketones is 1. The van der Waals surface area contributed by atoms with Gasteiger partial charge in [-0.1, -0.05) is 54.6 Å². The maximum atomic E-state index is 12.7. The lowest BCUT2D eigenvalue weighted by molar-refractivity contribution is 0.103. The Morgan fingerprint density at radius 2 is 1.56 bits per heavy atom. The first-order valence-electron chi connectivity index (χ1n) is 5.06. The monoisotopic (exact) mass is 214 g/mol. The molecule has 0 aromatic heterocycles. The van der Waals surface area contributed by atoms with E-state index in [1.165, 1.54) is 0 Å². The standard InChI is InChI=1S/C14H11FO/c15-10-12-8-4-5-9-13(12)14(16)11-6-2-1-3-7-11/h1-9H,10H2. The smallest absolute Gasteiger partial charge is 0.193 e. The average Bonchev–Trinajstić information content (AvgIpc) is 2.39. The minimum absolute atomic E-state index is 0.131. The van der Waals surface area contributed by atoms with Crippen molar-refractivity contribution < 1.29 is 9.18 Å². The van der Waals surface area contributed by atoms with Crippen molar-refractivity contribution >= 4 is 5.78 Å². The van der Waals surface area contributed by atoms with Crippen molar-refractivity contribution in [1.82, 2.24) is 0 Å². The highest BCUT2D eigenvalue weighted by atomic mass is 19.1. The van der Waals surface area contributed by atoms with Crippen molar-refractivity contribution in [3.63, 3.8) is 0 Å². The Kier molecular flexibility index (Phi) is 3.10. The number of rotatable bonds is 3. The van der Waals surface area contributed by atoms with Gasteiger partial charge in [-0.2, -0.15) is 0 Å². The fraction of sp³-hybridized carbons (Fsp3) is 0.0714. The lowest BCUT2D eigenvalue weighted by atomic mass is 9.99. The molecule has 0 N–H and O–H groups in total. The third-order valence-corrected chi connectivity index (χ3v) is 2.44. The molecule has 0 saturated heterocycles. The summed E-state index contributed by atoms with van der Waals surface area (Å²) in [5, 5.41) is 0. The molecule has 2 aromatic rings. The molecule has 2 rings (SSSR count). The van der Waals surface area contributed by atoms with Crippen LogP contribution >= 0.6 is 0 Å². The molecule has 0 fully saturated rings. The quantitative estimate of drug-likeness (QED) is 0.716. The molecule has 0 aliphatic carbocycles. The van der Waals surface area contributed by atoms with E-state index >= 15 is 0 Å². The van der Waals surface area contributed by atoms with Gasteiger partial charge in [-0.3, -0.25) is 4.79 Å². The number of hydrogen-bond acceptors (Lipinski definition) is 1. The van der Waals surface area contributed by atoms with E-state index in [2.05, 4.69) is 0 Å². The number of halogens is 1. The van der Waals surface area contributed by atoms with Crippen LogP contribution in [-0.2, 0) is 6.67 Å². The molecule has 0 aliphatic heterocycles. The molecule has 0 spiro atoms. The zero-order chi connectivity index (χ0) is 11.4. The van der Waals surface area contributed by atoms with Crippen LogP contribution in [-0.4, -0.2) is 5.78 Å². The number of hydrogen-bond donors (Lipinski definition) is 0. The van der Waals surface area contributed by atoms with E-state index in [0.717, 1.165) is 0 Å². The molecule has 0 heterocycles. The topological polar surface area (TPSA) is 17.1 Å². The molecule has 0 unspecified atom stereocenters. The Morgan fingerprint density at radius 3 is 2.25 bits per heavy atom. The van der Waals surface area contributed by atoms with E-state index in [-0.39, 0.29) is 5.78 Å². The van der Waals surface area contributed by atoms with Gasteiger partial charge in [0.1, 0.15) is 6.67 Å². The third-order valence-electron chi connectivity index (χ3n) is 2.44. The molecule has 2 aromatic carbocycles. The zero-order valence-corrected chi connectivity index (χ0v) is 8.69. The van der Waals surface area contributed by atoms with Crippen molar-refractivity contribution in [2.45, 2.75) is 6.67 Å². The summed E-state index contributed by atoms with van der Waals surface area (Å²) >= 11 is 0. The molecule has 0 bridgehead atoms. The van der Waals surface area contributed by atoms with Crippen LogP contribution in [0.15, 0.2) is 54.6 Å². The number of benzene rings is 2. The second-order valence-corrected chi connectivity index (χ2v) is 3.49. The maximum absolute atomic E-state index is 12.7. The van der Waals surface area contributed by atoms with Crippen LogP contribution < -0.4 is 0 Å². The summed E-state index contributed by atoms with van der Waals surface area (Å²) in [5.41, 5.74) is 1.47. The Balaban J connectivity index is 2.42. The van der Waals surface area contributed by atoms with Gasteiger partial charge in [0.2, 0.25) is 0 Å². The van der Waals surface area contributed by atoms with E-state index in [4.69, 9.17) is 0 Å². The molecular weight excluding hydrogens is 203 g/mol. The Labute approximate surface area is 93.5 Å². The molecule has 0 aliphatic rings. The SMILES string of the molecule is O=C(c1ccccc1)c1ccccc1CF. The third kappa shape index (κ3) is 2.01. The van der Waals surface area contributed by atoms with Crippen LogP contribution in [0, 0.1) is 0 Å². The molecule has 1 nitrogen and oxygen atoms in total. The number of alkyl halides is 1. The van der Waals surface area contributed by atoms with Crippen LogP contribution in [0.2, 0.25) is 0 Å². The average molecular weight is 214 g/mol. The van der Waals surface area contributed by atoms with Gasteiger partial charge in [-0.05, 0) is 5.56 Å². The molecule has 0 amide bonds. The van der Waals surface area contributed by atoms with Crippen molar-refractivity contribution in [1.29, 1.82) is 0 Å². The highest BCUT2D eigenvalue weighted by molar-refractivity contribution is 6.09. The van der Waals surface area contributed by atoms with Crippen LogP contribution in [0.3, 0.4) is 0 Å². The summed E-state index contributed by atoms with van der Waals surface area (Å²) in [4.78, 5) is 12.1. The molecule has 0 saturated carbocycles. The van der Waals surface area contributed by atoms with Gasteiger partial charge in [-0.25, -0.2) is 4.39 Å². The summed E-state index contributed by atoms with van der Waals surface area (Å²) in [5.74, 6) is -0.131. The Bertz CT molecular complexity index is 491. The summed E-state index contributed by atoms with van der Waals surface area (Å²) in [6.07, 6.45) is 0. The summed E-state index contributed by atoms with van der Waals surface area (Å²) in [6, 6.07) is 15.7. The first-order chi connectivity index (χ1) is 7.83. The molecule has 80 valence electrons. The van der Waals surface area contributed by atoms with Crippen molar-refractivity contribution in [3.05, 3.63) is 71.3 Å². The molecule has 2 heteroatoms. The van der Waals surface area contributed by atoms with Gasteiger partial charge in [0.25, 0.3) is 0 Å². The van der Waals surface area contributed by atoms with E-state index in [1.54, 1.807) is 48.5 Å². The lowest BCUT2D eigenvalue weighted by Crippen LogP contribution is -2.04.